The molecule has 5 nitrogen and oxygen atoms in total. The highest BCUT2D eigenvalue weighted by molar-refractivity contribution is 5.92. The smallest absolute Gasteiger partial charge is 0.416 e. The van der Waals surface area contributed by atoms with E-state index in [0.717, 1.165) is 0 Å². The summed E-state index contributed by atoms with van der Waals surface area (Å²) in [4.78, 5) is 23.2. The van der Waals surface area contributed by atoms with Gasteiger partial charge in [-0.15, -0.1) is 0 Å². The highest BCUT2D eigenvalue weighted by atomic mass is 19.4. The molecule has 172 valence electrons. The minimum absolute atomic E-state index is 0.0368. The zero-order valence-corrected chi connectivity index (χ0v) is 16.5. The SMILES string of the molecule is CCOC(=O)C=Cc1ccc(NC(=O)COc2cc(C(F)(F)F)cc(C(F)(F)F)c2)cc1. The number of carbonyl (C=O) groups excluding carboxylic acids is 2. The largest absolute Gasteiger partial charge is 0.484 e. The van der Waals surface area contributed by atoms with Crippen LogP contribution in [-0.2, 0) is 26.7 Å². The van der Waals surface area contributed by atoms with Gasteiger partial charge in [-0.25, -0.2) is 4.79 Å². The number of halogens is 6. The summed E-state index contributed by atoms with van der Waals surface area (Å²) >= 11 is 0. The van der Waals surface area contributed by atoms with Gasteiger partial charge in [-0.05, 0) is 48.9 Å². The number of alkyl halides is 6. The number of hydrogen-bond acceptors (Lipinski definition) is 4. The van der Waals surface area contributed by atoms with Crippen molar-refractivity contribution in [2.24, 2.45) is 0 Å². The first-order chi connectivity index (χ1) is 14.9. The molecule has 0 aliphatic rings. The monoisotopic (exact) mass is 461 g/mol. The molecule has 1 amide bonds. The Morgan fingerprint density at radius 2 is 1.50 bits per heavy atom. The summed E-state index contributed by atoms with van der Waals surface area (Å²) in [5, 5.41) is 2.39. The molecule has 0 atom stereocenters. The van der Waals surface area contributed by atoms with Crippen molar-refractivity contribution in [3.05, 3.63) is 65.2 Å². The molecule has 2 aromatic rings. The Bertz CT molecular complexity index is 949. The lowest BCUT2D eigenvalue weighted by molar-refractivity contribution is -0.143. The summed E-state index contributed by atoms with van der Waals surface area (Å²) < 4.78 is 86.7. The van der Waals surface area contributed by atoms with E-state index in [9.17, 15) is 35.9 Å². The highest BCUT2D eigenvalue weighted by Crippen LogP contribution is 2.38. The van der Waals surface area contributed by atoms with E-state index < -0.39 is 47.7 Å². The van der Waals surface area contributed by atoms with Crippen LogP contribution in [0.25, 0.3) is 6.08 Å². The second kappa shape index (κ2) is 10.2. The average molecular weight is 461 g/mol. The molecule has 0 aromatic heterocycles. The van der Waals surface area contributed by atoms with Gasteiger partial charge in [0, 0.05) is 11.8 Å². The number of anilines is 1. The summed E-state index contributed by atoms with van der Waals surface area (Å²) in [7, 11) is 0. The fourth-order valence-corrected chi connectivity index (χ4v) is 2.39. The van der Waals surface area contributed by atoms with Crippen LogP contribution in [0.15, 0.2) is 48.5 Å². The quantitative estimate of drug-likeness (QED) is 0.345. The summed E-state index contributed by atoms with van der Waals surface area (Å²) in [5.74, 6) is -2.07. The topological polar surface area (TPSA) is 64.6 Å². The van der Waals surface area contributed by atoms with E-state index in [0.29, 0.717) is 23.4 Å². The van der Waals surface area contributed by atoms with Crippen LogP contribution in [0.3, 0.4) is 0 Å². The number of rotatable bonds is 7. The van der Waals surface area contributed by atoms with Gasteiger partial charge in [-0.3, -0.25) is 4.79 Å². The van der Waals surface area contributed by atoms with Crippen molar-refractivity contribution >= 4 is 23.6 Å². The van der Waals surface area contributed by atoms with E-state index in [1.165, 1.54) is 24.3 Å². The molecule has 2 aromatic carbocycles. The molecule has 0 bridgehead atoms. The minimum atomic E-state index is -5.02. The van der Waals surface area contributed by atoms with Crippen molar-refractivity contribution in [1.82, 2.24) is 0 Å². The van der Waals surface area contributed by atoms with Gasteiger partial charge in [0.1, 0.15) is 5.75 Å². The summed E-state index contributed by atoms with van der Waals surface area (Å²) in [6, 6.07) is 6.82. The number of esters is 1. The zero-order chi connectivity index (χ0) is 23.9. The standard InChI is InChI=1S/C21H17F6NO4/c1-2-31-19(30)8-5-13-3-6-16(7-4-13)28-18(29)12-32-17-10-14(20(22,23)24)9-15(11-17)21(25,26)27/h3-11H,2,12H2,1H3,(H,28,29). The van der Waals surface area contributed by atoms with Crippen LogP contribution in [-0.4, -0.2) is 25.1 Å². The lowest BCUT2D eigenvalue weighted by atomic mass is 10.1. The van der Waals surface area contributed by atoms with Gasteiger partial charge >= 0.3 is 18.3 Å². The molecule has 0 heterocycles. The molecule has 0 fully saturated rings. The zero-order valence-electron chi connectivity index (χ0n) is 16.5. The van der Waals surface area contributed by atoms with Crippen LogP contribution < -0.4 is 10.1 Å². The lowest BCUT2D eigenvalue weighted by Gasteiger charge is -2.14. The Hall–Kier alpha value is -3.50. The molecule has 0 saturated heterocycles. The fourth-order valence-electron chi connectivity index (χ4n) is 2.39. The third kappa shape index (κ3) is 7.64. The molecule has 32 heavy (non-hydrogen) atoms. The summed E-state index contributed by atoms with van der Waals surface area (Å²) in [6.07, 6.45) is -7.34. The van der Waals surface area contributed by atoms with Gasteiger partial charge in [0.05, 0.1) is 17.7 Å². The third-order valence-electron chi connectivity index (χ3n) is 3.82. The molecule has 0 unspecified atom stereocenters. The van der Waals surface area contributed by atoms with Crippen LogP contribution in [0, 0.1) is 0 Å². The minimum Gasteiger partial charge on any atom is -0.484 e. The molecule has 0 aliphatic carbocycles. The van der Waals surface area contributed by atoms with Gasteiger partial charge < -0.3 is 14.8 Å². The van der Waals surface area contributed by atoms with Crippen LogP contribution in [0.5, 0.6) is 5.75 Å². The van der Waals surface area contributed by atoms with Crippen molar-refractivity contribution in [3.63, 3.8) is 0 Å². The highest BCUT2D eigenvalue weighted by Gasteiger charge is 2.37. The number of amides is 1. The maximum Gasteiger partial charge on any atom is 0.416 e. The molecule has 2 rings (SSSR count). The van der Waals surface area contributed by atoms with Crippen LogP contribution in [0.1, 0.15) is 23.6 Å². The lowest BCUT2D eigenvalue weighted by Crippen LogP contribution is -2.20. The normalized spacial score (nSPS) is 12.0. The van der Waals surface area contributed by atoms with Crippen LogP contribution in [0.4, 0.5) is 32.0 Å². The average Bonchev–Trinajstić information content (AvgIpc) is 2.70. The third-order valence-corrected chi connectivity index (χ3v) is 3.82. The fraction of sp³-hybridized carbons (Fsp3) is 0.238. The van der Waals surface area contributed by atoms with Crippen molar-refractivity contribution in [1.29, 1.82) is 0 Å². The van der Waals surface area contributed by atoms with Crippen molar-refractivity contribution in [3.8, 4) is 5.75 Å². The van der Waals surface area contributed by atoms with Crippen molar-refractivity contribution < 1.29 is 45.4 Å². The molecule has 0 saturated carbocycles. The van der Waals surface area contributed by atoms with Gasteiger partial charge in [-0.1, -0.05) is 12.1 Å². The number of ether oxygens (including phenoxy) is 2. The van der Waals surface area contributed by atoms with E-state index in [1.54, 1.807) is 19.1 Å². The molecule has 0 spiro atoms. The van der Waals surface area contributed by atoms with Crippen LogP contribution in [0.2, 0.25) is 0 Å². The van der Waals surface area contributed by atoms with Gasteiger partial charge in [0.25, 0.3) is 5.91 Å². The molecule has 1 N–H and O–H groups in total. The molecular weight excluding hydrogens is 444 g/mol. The van der Waals surface area contributed by atoms with Gasteiger partial charge in [0.2, 0.25) is 0 Å². The Morgan fingerprint density at radius 3 is 2.00 bits per heavy atom. The van der Waals surface area contributed by atoms with E-state index in [-0.39, 0.29) is 12.7 Å². The maximum atomic E-state index is 12.9. The van der Waals surface area contributed by atoms with Crippen molar-refractivity contribution in [2.75, 3.05) is 18.5 Å². The molecular formula is C21H17F6NO4. The van der Waals surface area contributed by atoms with Gasteiger partial charge in [0.15, 0.2) is 6.61 Å². The predicted molar refractivity (Wildman–Crippen MR) is 103 cm³/mol. The Kier molecular flexibility index (Phi) is 7.90. The number of nitrogens with one attached hydrogen (secondary N) is 1. The first-order valence-electron chi connectivity index (χ1n) is 9.05. The molecule has 0 radical (unpaired) electrons. The first-order valence-corrected chi connectivity index (χ1v) is 9.05. The molecule has 0 aliphatic heterocycles. The van der Waals surface area contributed by atoms with Crippen LogP contribution >= 0.6 is 0 Å². The van der Waals surface area contributed by atoms with E-state index in [4.69, 9.17) is 9.47 Å². The maximum absolute atomic E-state index is 12.9. The summed E-state index contributed by atoms with van der Waals surface area (Å²) in [6.45, 7) is 1.08. The number of benzene rings is 2. The van der Waals surface area contributed by atoms with Crippen molar-refractivity contribution in [2.45, 2.75) is 19.3 Å². The Morgan fingerprint density at radius 1 is 0.938 bits per heavy atom. The van der Waals surface area contributed by atoms with E-state index in [1.807, 2.05) is 0 Å². The number of hydrogen-bond donors (Lipinski definition) is 1. The summed E-state index contributed by atoms with van der Waals surface area (Å²) in [5.41, 5.74) is -2.17. The second-order valence-corrected chi connectivity index (χ2v) is 6.29. The number of carbonyl (C=O) groups is 2. The van der Waals surface area contributed by atoms with E-state index >= 15 is 0 Å². The predicted octanol–water partition coefficient (Wildman–Crippen LogP) is 5.32. The first kappa shape index (κ1) is 24.8. The van der Waals surface area contributed by atoms with E-state index in [2.05, 4.69) is 5.32 Å². The Balaban J connectivity index is 2.01. The second-order valence-electron chi connectivity index (χ2n) is 6.29. The molecule has 11 heteroatoms. The van der Waals surface area contributed by atoms with Gasteiger partial charge in [-0.2, -0.15) is 26.3 Å². The Labute approximate surface area is 178 Å².